The Morgan fingerprint density at radius 1 is 1.50 bits per heavy atom. The average Bonchev–Trinajstić information content (AvgIpc) is 2.34. The van der Waals surface area contributed by atoms with Crippen molar-refractivity contribution >= 4 is 5.91 Å². The summed E-state index contributed by atoms with van der Waals surface area (Å²) in [5.74, 6) is 5.38. The molecule has 0 saturated heterocycles. The number of carbonyl (C=O) groups is 1. The molecule has 0 atom stereocenters. The van der Waals surface area contributed by atoms with Crippen molar-refractivity contribution < 1.29 is 4.79 Å². The Kier molecular flexibility index (Phi) is 4.45. The van der Waals surface area contributed by atoms with E-state index in [1.54, 1.807) is 31.3 Å². The summed E-state index contributed by atoms with van der Waals surface area (Å²) in [6, 6.07) is 6.87. The maximum absolute atomic E-state index is 11.2. The lowest BCUT2D eigenvalue weighted by atomic mass is 10.1. The molecule has 1 aromatic carbocycles. The largest absolute Gasteiger partial charge is 0.355 e. The third-order valence-electron chi connectivity index (χ3n) is 1.82. The summed E-state index contributed by atoms with van der Waals surface area (Å²) in [6.07, 6.45) is 0. The van der Waals surface area contributed by atoms with E-state index in [9.17, 15) is 4.79 Å². The highest BCUT2D eigenvalue weighted by Crippen LogP contribution is 2.02. The van der Waals surface area contributed by atoms with E-state index in [1.807, 2.05) is 0 Å². The van der Waals surface area contributed by atoms with Gasteiger partial charge in [0.15, 0.2) is 0 Å². The van der Waals surface area contributed by atoms with Gasteiger partial charge in [0.1, 0.15) is 0 Å². The zero-order chi connectivity index (χ0) is 11.8. The number of azide groups is 1. The molecule has 0 aliphatic rings. The normalized spacial score (nSPS) is 8.31. The van der Waals surface area contributed by atoms with E-state index in [-0.39, 0.29) is 12.5 Å². The van der Waals surface area contributed by atoms with Gasteiger partial charge in [0.05, 0.1) is 6.54 Å². The fourth-order valence-corrected chi connectivity index (χ4v) is 1.06. The molecule has 0 fully saturated rings. The van der Waals surface area contributed by atoms with E-state index < -0.39 is 0 Å². The molecule has 0 bridgehead atoms. The molecule has 0 spiro atoms. The third kappa shape index (κ3) is 3.37. The van der Waals surface area contributed by atoms with E-state index in [0.29, 0.717) is 5.56 Å². The molecule has 16 heavy (non-hydrogen) atoms. The van der Waals surface area contributed by atoms with Crippen LogP contribution in [-0.4, -0.2) is 19.5 Å². The van der Waals surface area contributed by atoms with Gasteiger partial charge >= 0.3 is 0 Å². The van der Waals surface area contributed by atoms with Gasteiger partial charge < -0.3 is 5.32 Å². The Labute approximate surface area is 93.1 Å². The lowest BCUT2D eigenvalue weighted by Gasteiger charge is -1.98. The van der Waals surface area contributed by atoms with Crippen LogP contribution in [0.4, 0.5) is 0 Å². The lowest BCUT2D eigenvalue weighted by molar-refractivity contribution is 0.0963. The number of hydrogen-bond donors (Lipinski definition) is 1. The Morgan fingerprint density at radius 2 is 2.19 bits per heavy atom. The molecule has 1 amide bonds. The average molecular weight is 214 g/mol. The fourth-order valence-electron chi connectivity index (χ4n) is 1.06. The molecular weight excluding hydrogens is 204 g/mol. The molecular formula is C11H10N4O. The van der Waals surface area contributed by atoms with Crippen LogP contribution in [0.15, 0.2) is 29.4 Å². The first-order valence-corrected chi connectivity index (χ1v) is 4.60. The van der Waals surface area contributed by atoms with Crippen LogP contribution >= 0.6 is 0 Å². The Hall–Kier alpha value is -2.44. The fraction of sp³-hybridized carbons (Fsp3) is 0.182. The van der Waals surface area contributed by atoms with Crippen LogP contribution < -0.4 is 5.32 Å². The maximum atomic E-state index is 11.2. The van der Waals surface area contributed by atoms with E-state index in [4.69, 9.17) is 5.53 Å². The first kappa shape index (κ1) is 11.6. The topological polar surface area (TPSA) is 77.9 Å². The predicted octanol–water partition coefficient (Wildman–Crippen LogP) is 1.71. The van der Waals surface area contributed by atoms with Crippen LogP contribution in [0.1, 0.15) is 15.9 Å². The van der Waals surface area contributed by atoms with Crippen molar-refractivity contribution in [1.82, 2.24) is 5.32 Å². The Bertz CT molecular complexity index is 475. The number of nitrogens with zero attached hydrogens (tertiary/aromatic N) is 3. The van der Waals surface area contributed by atoms with Gasteiger partial charge in [-0.15, -0.1) is 0 Å². The van der Waals surface area contributed by atoms with E-state index in [2.05, 4.69) is 27.2 Å². The van der Waals surface area contributed by atoms with E-state index in [1.165, 1.54) is 0 Å². The van der Waals surface area contributed by atoms with Crippen molar-refractivity contribution in [2.24, 2.45) is 5.11 Å². The van der Waals surface area contributed by atoms with Crippen molar-refractivity contribution in [3.05, 3.63) is 45.8 Å². The lowest BCUT2D eigenvalue weighted by Crippen LogP contribution is -2.17. The molecule has 5 nitrogen and oxygen atoms in total. The first-order chi connectivity index (χ1) is 7.77. The smallest absolute Gasteiger partial charge is 0.251 e. The molecule has 0 aromatic heterocycles. The summed E-state index contributed by atoms with van der Waals surface area (Å²) in [5.41, 5.74) is 9.40. The molecule has 80 valence electrons. The predicted molar refractivity (Wildman–Crippen MR) is 60.7 cm³/mol. The van der Waals surface area contributed by atoms with Gasteiger partial charge in [0, 0.05) is 23.1 Å². The zero-order valence-corrected chi connectivity index (χ0v) is 8.77. The standard InChI is InChI=1S/C11H10N4O/c1-13-11(16)10-6-4-9(5-7-10)3-2-8-14-15-12/h4-7H,8H2,1H3,(H,13,16). The molecule has 0 aliphatic carbocycles. The number of amides is 1. The maximum Gasteiger partial charge on any atom is 0.251 e. The number of hydrogen-bond acceptors (Lipinski definition) is 2. The van der Waals surface area contributed by atoms with Crippen LogP contribution in [-0.2, 0) is 0 Å². The van der Waals surface area contributed by atoms with Crippen LogP contribution in [0.2, 0.25) is 0 Å². The summed E-state index contributed by atoms with van der Waals surface area (Å²) >= 11 is 0. The SMILES string of the molecule is CNC(=O)c1ccc(C#CCN=[N+]=[N-])cc1. The van der Waals surface area contributed by atoms with Crippen molar-refractivity contribution in [3.63, 3.8) is 0 Å². The number of carbonyl (C=O) groups excluding carboxylic acids is 1. The van der Waals surface area contributed by atoms with Gasteiger partial charge in [-0.1, -0.05) is 17.0 Å². The Balaban J connectivity index is 2.74. The van der Waals surface area contributed by atoms with E-state index >= 15 is 0 Å². The number of rotatable bonds is 2. The highest BCUT2D eigenvalue weighted by molar-refractivity contribution is 5.94. The van der Waals surface area contributed by atoms with Gasteiger partial charge in [-0.3, -0.25) is 4.79 Å². The summed E-state index contributed by atoms with van der Waals surface area (Å²) in [7, 11) is 1.58. The van der Waals surface area contributed by atoms with Crippen molar-refractivity contribution in [3.8, 4) is 11.8 Å². The van der Waals surface area contributed by atoms with Gasteiger partial charge in [-0.2, -0.15) is 0 Å². The van der Waals surface area contributed by atoms with E-state index in [0.717, 1.165) is 5.56 Å². The molecule has 0 unspecified atom stereocenters. The Morgan fingerprint density at radius 3 is 2.75 bits per heavy atom. The monoisotopic (exact) mass is 214 g/mol. The second kappa shape index (κ2) is 6.12. The highest BCUT2D eigenvalue weighted by atomic mass is 16.1. The molecule has 0 saturated carbocycles. The zero-order valence-electron chi connectivity index (χ0n) is 8.77. The minimum atomic E-state index is -0.131. The van der Waals surface area contributed by atoms with Crippen LogP contribution in [0.25, 0.3) is 10.4 Å². The highest BCUT2D eigenvalue weighted by Gasteiger charge is 2.00. The molecule has 1 rings (SSSR count). The molecule has 0 aliphatic heterocycles. The summed E-state index contributed by atoms with van der Waals surface area (Å²) in [6.45, 7) is 0.147. The quantitative estimate of drug-likeness (QED) is 0.346. The molecule has 0 heterocycles. The number of nitrogens with one attached hydrogen (secondary N) is 1. The van der Waals surface area contributed by atoms with Crippen molar-refractivity contribution in [1.29, 1.82) is 0 Å². The van der Waals surface area contributed by atoms with Gasteiger partial charge in [0.25, 0.3) is 5.91 Å². The second-order valence-electron chi connectivity index (χ2n) is 2.85. The second-order valence-corrected chi connectivity index (χ2v) is 2.85. The third-order valence-corrected chi connectivity index (χ3v) is 1.82. The van der Waals surface area contributed by atoms with Gasteiger partial charge in [0.2, 0.25) is 0 Å². The van der Waals surface area contributed by atoms with Gasteiger partial charge in [-0.25, -0.2) is 0 Å². The van der Waals surface area contributed by atoms with Crippen molar-refractivity contribution in [2.45, 2.75) is 0 Å². The molecule has 1 aromatic rings. The molecule has 0 radical (unpaired) electrons. The minimum absolute atomic E-state index is 0.131. The molecule has 1 N–H and O–H groups in total. The van der Waals surface area contributed by atoms with Crippen LogP contribution in [0, 0.1) is 11.8 Å². The first-order valence-electron chi connectivity index (χ1n) is 4.60. The summed E-state index contributed by atoms with van der Waals surface area (Å²) in [5, 5.41) is 5.82. The van der Waals surface area contributed by atoms with Crippen molar-refractivity contribution in [2.75, 3.05) is 13.6 Å². The van der Waals surface area contributed by atoms with Crippen LogP contribution in [0.5, 0.6) is 0 Å². The summed E-state index contributed by atoms with van der Waals surface area (Å²) < 4.78 is 0. The number of benzene rings is 1. The molecule has 5 heteroatoms. The van der Waals surface area contributed by atoms with Crippen LogP contribution in [0.3, 0.4) is 0 Å². The minimum Gasteiger partial charge on any atom is -0.355 e. The summed E-state index contributed by atoms with van der Waals surface area (Å²) in [4.78, 5) is 13.8. The van der Waals surface area contributed by atoms with Gasteiger partial charge in [-0.05, 0) is 29.8 Å².